The second kappa shape index (κ2) is 4.90. The van der Waals surface area contributed by atoms with Crippen molar-refractivity contribution in [2.75, 3.05) is 0 Å². The van der Waals surface area contributed by atoms with E-state index >= 15 is 0 Å². The Kier molecular flexibility index (Phi) is 3.87. The van der Waals surface area contributed by atoms with Crippen molar-refractivity contribution in [3.63, 3.8) is 0 Å². The number of alkyl halides is 6. The maximum absolute atomic E-state index is 12.5. The Labute approximate surface area is 102 Å². The minimum Gasteiger partial charge on any atom is -0.478 e. The lowest BCUT2D eigenvalue weighted by molar-refractivity contribution is -0.144. The Bertz CT molecular complexity index is 518. The number of halogens is 6. The maximum atomic E-state index is 12.5. The monoisotopic (exact) mass is 285 g/mol. The van der Waals surface area contributed by atoms with Crippen molar-refractivity contribution in [1.29, 1.82) is 0 Å². The first-order valence-electron chi connectivity index (χ1n) is 4.57. The molecule has 0 aliphatic carbocycles. The Hall–Kier alpha value is -2.06. The third kappa shape index (κ3) is 3.97. The average Bonchev–Trinajstić information content (AvgIpc) is 2.23. The Balaban J connectivity index is 3.39. The van der Waals surface area contributed by atoms with E-state index in [9.17, 15) is 31.1 Å². The Morgan fingerprint density at radius 1 is 1.16 bits per heavy atom. The van der Waals surface area contributed by atoms with Crippen LogP contribution in [0.2, 0.25) is 0 Å². The molecule has 1 aromatic rings. The zero-order valence-electron chi connectivity index (χ0n) is 8.88. The first-order chi connectivity index (χ1) is 8.51. The lowest BCUT2D eigenvalue weighted by Crippen LogP contribution is -2.14. The molecular weight excluding hydrogens is 280 g/mol. The fourth-order valence-electron chi connectivity index (χ4n) is 1.16. The molecule has 0 atom stereocenters. The number of hydrogen-bond acceptors (Lipinski definition) is 2. The van der Waals surface area contributed by atoms with Crippen molar-refractivity contribution in [3.8, 4) is 0 Å². The zero-order valence-corrected chi connectivity index (χ0v) is 8.88. The standard InChI is InChI=1S/C10H5F6NO2/c11-9(12,13)6-3-5(1-2-7(18)19)8(17-4-6)10(14,15)16/h1-4H,(H,18,19)/b2-1+. The summed E-state index contributed by atoms with van der Waals surface area (Å²) in [5.41, 5.74) is -3.95. The van der Waals surface area contributed by atoms with Gasteiger partial charge in [-0.2, -0.15) is 26.3 Å². The van der Waals surface area contributed by atoms with Crippen LogP contribution in [0.15, 0.2) is 18.3 Å². The van der Waals surface area contributed by atoms with Gasteiger partial charge in [0.15, 0.2) is 5.69 Å². The first-order valence-corrected chi connectivity index (χ1v) is 4.57. The predicted molar refractivity (Wildman–Crippen MR) is 50.9 cm³/mol. The van der Waals surface area contributed by atoms with E-state index in [1.807, 2.05) is 0 Å². The fraction of sp³-hybridized carbons (Fsp3) is 0.200. The average molecular weight is 285 g/mol. The molecule has 0 spiro atoms. The Morgan fingerprint density at radius 3 is 2.16 bits per heavy atom. The van der Waals surface area contributed by atoms with Crippen molar-refractivity contribution in [1.82, 2.24) is 4.98 Å². The smallest absolute Gasteiger partial charge is 0.433 e. The van der Waals surface area contributed by atoms with Crippen molar-refractivity contribution >= 4 is 12.0 Å². The van der Waals surface area contributed by atoms with Gasteiger partial charge < -0.3 is 5.11 Å². The van der Waals surface area contributed by atoms with Crippen LogP contribution in [0.4, 0.5) is 26.3 Å². The number of carboxylic acids is 1. The molecule has 1 heterocycles. The lowest BCUT2D eigenvalue weighted by atomic mass is 10.1. The van der Waals surface area contributed by atoms with Gasteiger partial charge in [0.2, 0.25) is 0 Å². The zero-order chi connectivity index (χ0) is 14.8. The van der Waals surface area contributed by atoms with Gasteiger partial charge in [0.05, 0.1) is 5.56 Å². The number of aliphatic carboxylic acids is 1. The lowest BCUT2D eigenvalue weighted by Gasteiger charge is -2.12. The molecule has 0 fully saturated rings. The van der Waals surface area contributed by atoms with Crippen LogP contribution in [0, 0.1) is 0 Å². The highest BCUT2D eigenvalue weighted by atomic mass is 19.4. The van der Waals surface area contributed by atoms with Gasteiger partial charge in [-0.3, -0.25) is 4.98 Å². The largest absolute Gasteiger partial charge is 0.478 e. The summed E-state index contributed by atoms with van der Waals surface area (Å²) in [4.78, 5) is 12.9. The van der Waals surface area contributed by atoms with Crippen molar-refractivity contribution in [3.05, 3.63) is 35.2 Å². The van der Waals surface area contributed by atoms with E-state index in [-0.39, 0.29) is 12.3 Å². The topological polar surface area (TPSA) is 50.2 Å². The van der Waals surface area contributed by atoms with Crippen molar-refractivity contribution in [2.24, 2.45) is 0 Å². The molecule has 0 unspecified atom stereocenters. The van der Waals surface area contributed by atoms with E-state index in [0.29, 0.717) is 12.2 Å². The summed E-state index contributed by atoms with van der Waals surface area (Å²) in [5, 5.41) is 8.29. The summed E-state index contributed by atoms with van der Waals surface area (Å²) in [6.45, 7) is 0. The number of hydrogen-bond donors (Lipinski definition) is 1. The molecule has 0 aliphatic rings. The quantitative estimate of drug-likeness (QED) is 0.670. The van der Waals surface area contributed by atoms with E-state index in [1.54, 1.807) is 0 Å². The summed E-state index contributed by atoms with van der Waals surface area (Å²) < 4.78 is 74.4. The van der Waals surface area contributed by atoms with Crippen LogP contribution < -0.4 is 0 Å². The minimum absolute atomic E-state index is 0.0426. The maximum Gasteiger partial charge on any atom is 0.433 e. The van der Waals surface area contributed by atoms with Gasteiger partial charge in [-0.05, 0) is 12.1 Å². The van der Waals surface area contributed by atoms with Crippen LogP contribution in [-0.2, 0) is 17.1 Å². The summed E-state index contributed by atoms with van der Waals surface area (Å²) in [5.74, 6) is -1.59. The van der Waals surface area contributed by atoms with Crippen molar-refractivity contribution < 1.29 is 36.2 Å². The summed E-state index contributed by atoms with van der Waals surface area (Å²) in [7, 11) is 0. The molecule has 1 rings (SSSR count). The molecule has 3 nitrogen and oxygen atoms in total. The van der Waals surface area contributed by atoms with Gasteiger partial charge in [0.25, 0.3) is 0 Å². The van der Waals surface area contributed by atoms with Gasteiger partial charge in [-0.1, -0.05) is 0 Å². The molecule has 1 aromatic heterocycles. The van der Waals surface area contributed by atoms with Gasteiger partial charge >= 0.3 is 18.3 Å². The number of nitrogens with zero attached hydrogens (tertiary/aromatic N) is 1. The van der Waals surface area contributed by atoms with Gasteiger partial charge in [0.1, 0.15) is 0 Å². The fourth-order valence-corrected chi connectivity index (χ4v) is 1.16. The molecule has 0 saturated carbocycles. The number of rotatable bonds is 2. The van der Waals surface area contributed by atoms with Crippen LogP contribution in [0.3, 0.4) is 0 Å². The molecule has 0 bridgehead atoms. The molecule has 0 radical (unpaired) electrons. The van der Waals surface area contributed by atoms with Gasteiger partial charge in [0, 0.05) is 17.8 Å². The molecule has 9 heteroatoms. The summed E-state index contributed by atoms with van der Waals surface area (Å²) in [6, 6.07) is 0.190. The minimum atomic E-state index is -4.98. The molecule has 0 amide bonds. The molecule has 0 aliphatic heterocycles. The van der Waals surface area contributed by atoms with Crippen molar-refractivity contribution in [2.45, 2.75) is 12.4 Å². The third-order valence-electron chi connectivity index (χ3n) is 1.92. The molecule has 19 heavy (non-hydrogen) atoms. The van der Waals surface area contributed by atoms with E-state index < -0.39 is 35.1 Å². The highest BCUT2D eigenvalue weighted by Crippen LogP contribution is 2.35. The second-order valence-corrected chi connectivity index (χ2v) is 3.33. The predicted octanol–water partition coefficient (Wildman–Crippen LogP) is 3.22. The molecule has 0 aromatic carbocycles. The normalized spacial score (nSPS) is 12.9. The van der Waals surface area contributed by atoms with Crippen LogP contribution in [-0.4, -0.2) is 16.1 Å². The highest BCUT2D eigenvalue weighted by Gasteiger charge is 2.38. The number of carboxylic acid groups (broad SMARTS) is 1. The van der Waals surface area contributed by atoms with Crippen LogP contribution in [0.5, 0.6) is 0 Å². The van der Waals surface area contributed by atoms with Crippen LogP contribution in [0.25, 0.3) is 6.08 Å². The van der Waals surface area contributed by atoms with E-state index in [0.717, 1.165) is 0 Å². The second-order valence-electron chi connectivity index (χ2n) is 3.33. The number of aromatic nitrogens is 1. The van der Waals surface area contributed by atoms with E-state index in [2.05, 4.69) is 4.98 Å². The third-order valence-corrected chi connectivity index (χ3v) is 1.92. The summed E-state index contributed by atoms with van der Waals surface area (Å²) in [6.07, 6.45) is -9.11. The summed E-state index contributed by atoms with van der Waals surface area (Å²) >= 11 is 0. The van der Waals surface area contributed by atoms with Crippen LogP contribution in [0.1, 0.15) is 16.8 Å². The van der Waals surface area contributed by atoms with Crippen LogP contribution >= 0.6 is 0 Å². The SMILES string of the molecule is O=C(O)/C=C/c1cc(C(F)(F)F)cnc1C(F)(F)F. The highest BCUT2D eigenvalue weighted by molar-refractivity contribution is 5.85. The molecule has 1 N–H and O–H groups in total. The Morgan fingerprint density at radius 2 is 1.74 bits per heavy atom. The van der Waals surface area contributed by atoms with Gasteiger partial charge in [-0.25, -0.2) is 4.79 Å². The number of carbonyl (C=O) groups is 1. The molecular formula is C10H5F6NO2. The van der Waals surface area contributed by atoms with E-state index in [4.69, 9.17) is 5.11 Å². The number of pyridine rings is 1. The molecule has 104 valence electrons. The van der Waals surface area contributed by atoms with E-state index in [1.165, 1.54) is 0 Å². The van der Waals surface area contributed by atoms with Gasteiger partial charge in [-0.15, -0.1) is 0 Å². The first kappa shape index (κ1) is 15.0. The molecule has 0 saturated heterocycles.